The highest BCUT2D eigenvalue weighted by Gasteiger charge is 2.28. The molecule has 0 aliphatic rings. The Balaban J connectivity index is 2.56. The van der Waals surface area contributed by atoms with E-state index in [0.717, 1.165) is 27.4 Å². The molecule has 0 atom stereocenters. The van der Waals surface area contributed by atoms with Crippen molar-refractivity contribution in [2.75, 3.05) is 0 Å². The summed E-state index contributed by atoms with van der Waals surface area (Å²) < 4.78 is 0.993. The number of carbonyl (C=O) groups is 1. The van der Waals surface area contributed by atoms with Crippen molar-refractivity contribution in [3.05, 3.63) is 34.4 Å². The average molecular weight is 294 g/mol. The summed E-state index contributed by atoms with van der Waals surface area (Å²) in [5.74, 6) is 0.198. The van der Waals surface area contributed by atoms with Crippen LogP contribution in [0.2, 0.25) is 0 Å². The summed E-state index contributed by atoms with van der Waals surface area (Å²) in [6.45, 7) is 6.03. The maximum Gasteiger partial charge on any atom is 0.170 e. The van der Waals surface area contributed by atoms with E-state index >= 15 is 0 Å². The summed E-state index contributed by atoms with van der Waals surface area (Å²) in [6, 6.07) is 5.94. The van der Waals surface area contributed by atoms with Crippen LogP contribution in [0.1, 0.15) is 37.6 Å². The summed E-state index contributed by atoms with van der Waals surface area (Å²) in [5.41, 5.74) is 1.48. The zero-order valence-electron chi connectivity index (χ0n) is 10.3. The van der Waals surface area contributed by atoms with Crippen molar-refractivity contribution in [2.24, 2.45) is 5.41 Å². The first-order valence-electron chi connectivity index (χ1n) is 5.77. The Hall–Kier alpha value is -1.09. The van der Waals surface area contributed by atoms with Crippen molar-refractivity contribution >= 4 is 32.6 Å². The van der Waals surface area contributed by atoms with Crippen molar-refractivity contribution in [2.45, 2.75) is 27.2 Å². The minimum Gasteiger partial charge on any atom is -0.360 e. The van der Waals surface area contributed by atoms with E-state index in [2.05, 4.69) is 20.9 Å². The van der Waals surface area contributed by atoms with Crippen LogP contribution in [0.4, 0.5) is 0 Å². The molecule has 0 aliphatic carbocycles. The predicted molar refractivity (Wildman–Crippen MR) is 74.4 cm³/mol. The summed E-state index contributed by atoms with van der Waals surface area (Å²) in [5, 5.41) is 0.992. The molecule has 1 heterocycles. The smallest absolute Gasteiger partial charge is 0.170 e. The third-order valence-electron chi connectivity index (χ3n) is 3.39. The molecule has 2 aromatic rings. The lowest BCUT2D eigenvalue weighted by Gasteiger charge is -2.20. The van der Waals surface area contributed by atoms with Gasteiger partial charge < -0.3 is 4.98 Å². The molecule has 1 aromatic carbocycles. The number of hydrogen-bond acceptors (Lipinski definition) is 1. The normalized spacial score (nSPS) is 12.0. The number of benzene rings is 1. The predicted octanol–water partition coefficient (Wildman–Crippen LogP) is 4.55. The van der Waals surface area contributed by atoms with Crippen molar-refractivity contribution in [1.82, 2.24) is 4.98 Å². The van der Waals surface area contributed by atoms with Crippen LogP contribution in [0.3, 0.4) is 0 Å². The number of aromatic amines is 1. The van der Waals surface area contributed by atoms with Gasteiger partial charge in [-0.1, -0.05) is 36.7 Å². The zero-order valence-corrected chi connectivity index (χ0v) is 11.9. The van der Waals surface area contributed by atoms with Gasteiger partial charge >= 0.3 is 0 Å². The molecule has 0 bridgehead atoms. The van der Waals surface area contributed by atoms with Crippen LogP contribution < -0.4 is 0 Å². The molecular formula is C14H16BrNO. The molecule has 3 heteroatoms. The average Bonchev–Trinajstić information content (AvgIpc) is 2.70. The Kier molecular flexibility index (Phi) is 3.13. The second-order valence-corrected chi connectivity index (χ2v) is 5.87. The fourth-order valence-electron chi connectivity index (χ4n) is 1.81. The molecule has 0 aliphatic heterocycles. The fraction of sp³-hybridized carbons (Fsp3) is 0.357. The minimum absolute atomic E-state index is 0.198. The van der Waals surface area contributed by atoms with Gasteiger partial charge in [0.2, 0.25) is 0 Å². The van der Waals surface area contributed by atoms with Gasteiger partial charge in [0.1, 0.15) is 0 Å². The Morgan fingerprint density at radius 1 is 1.41 bits per heavy atom. The van der Waals surface area contributed by atoms with Crippen LogP contribution in [0.5, 0.6) is 0 Å². The van der Waals surface area contributed by atoms with Gasteiger partial charge in [-0.15, -0.1) is 0 Å². The number of H-pyrrole nitrogens is 1. The number of nitrogens with one attached hydrogen (secondary N) is 1. The summed E-state index contributed by atoms with van der Waals surface area (Å²) in [6.07, 6.45) is 2.66. The molecule has 1 aromatic heterocycles. The molecule has 2 nitrogen and oxygen atoms in total. The standard InChI is InChI=1S/C14H16BrNO/c1-4-14(2,3)13(17)11-8-16-12-6-5-9(15)7-10(11)12/h5-8,16H,4H2,1-3H3. The van der Waals surface area contributed by atoms with Crippen LogP contribution in [0, 0.1) is 5.41 Å². The zero-order chi connectivity index (χ0) is 12.6. The topological polar surface area (TPSA) is 32.9 Å². The van der Waals surface area contributed by atoms with E-state index in [-0.39, 0.29) is 11.2 Å². The molecule has 0 spiro atoms. The third kappa shape index (κ3) is 2.16. The lowest BCUT2D eigenvalue weighted by molar-refractivity contribution is 0.0835. The molecule has 0 unspecified atom stereocenters. The van der Waals surface area contributed by atoms with Gasteiger partial charge in [0.15, 0.2) is 5.78 Å². The fourth-order valence-corrected chi connectivity index (χ4v) is 2.17. The Labute approximate surface area is 110 Å². The molecule has 2 rings (SSSR count). The quantitative estimate of drug-likeness (QED) is 0.828. The molecular weight excluding hydrogens is 278 g/mol. The molecule has 0 fully saturated rings. The van der Waals surface area contributed by atoms with Gasteiger partial charge in [0, 0.05) is 32.6 Å². The van der Waals surface area contributed by atoms with Crippen LogP contribution in [-0.4, -0.2) is 10.8 Å². The van der Waals surface area contributed by atoms with E-state index < -0.39 is 0 Å². The molecule has 0 radical (unpaired) electrons. The Morgan fingerprint density at radius 2 is 2.12 bits per heavy atom. The van der Waals surface area contributed by atoms with Crippen molar-refractivity contribution in [3.63, 3.8) is 0 Å². The van der Waals surface area contributed by atoms with Gasteiger partial charge in [-0.2, -0.15) is 0 Å². The number of hydrogen-bond donors (Lipinski definition) is 1. The van der Waals surface area contributed by atoms with Gasteiger partial charge in [-0.05, 0) is 24.6 Å². The summed E-state index contributed by atoms with van der Waals surface area (Å²) in [7, 11) is 0. The highest BCUT2D eigenvalue weighted by Crippen LogP contribution is 2.30. The summed E-state index contributed by atoms with van der Waals surface area (Å²) >= 11 is 3.44. The Bertz CT molecular complexity index is 569. The lowest BCUT2D eigenvalue weighted by Crippen LogP contribution is -2.23. The second-order valence-electron chi connectivity index (χ2n) is 4.96. The highest BCUT2D eigenvalue weighted by molar-refractivity contribution is 9.10. The van der Waals surface area contributed by atoms with Crippen LogP contribution in [0.15, 0.2) is 28.9 Å². The monoisotopic (exact) mass is 293 g/mol. The molecule has 0 amide bonds. The molecule has 90 valence electrons. The largest absolute Gasteiger partial charge is 0.360 e. The SMILES string of the molecule is CCC(C)(C)C(=O)c1c[nH]c2ccc(Br)cc12. The number of Topliss-reactive ketones (excluding diaryl/α,β-unsaturated/α-hetero) is 1. The second kappa shape index (κ2) is 4.30. The van der Waals surface area contributed by atoms with Gasteiger partial charge in [-0.25, -0.2) is 0 Å². The van der Waals surface area contributed by atoms with E-state index in [0.29, 0.717) is 0 Å². The number of aromatic nitrogens is 1. The molecule has 0 saturated heterocycles. The number of carbonyl (C=O) groups excluding carboxylic acids is 1. The van der Waals surface area contributed by atoms with Gasteiger partial charge in [-0.3, -0.25) is 4.79 Å². The maximum absolute atomic E-state index is 12.4. The minimum atomic E-state index is -0.308. The Morgan fingerprint density at radius 3 is 2.76 bits per heavy atom. The van der Waals surface area contributed by atoms with Gasteiger partial charge in [0.05, 0.1) is 0 Å². The van der Waals surface area contributed by atoms with Crippen molar-refractivity contribution in [3.8, 4) is 0 Å². The first-order chi connectivity index (χ1) is 7.95. The van der Waals surface area contributed by atoms with Crippen molar-refractivity contribution < 1.29 is 4.79 Å². The van der Waals surface area contributed by atoms with Crippen molar-refractivity contribution in [1.29, 1.82) is 0 Å². The first kappa shape index (κ1) is 12.4. The van der Waals surface area contributed by atoms with E-state index in [1.165, 1.54) is 0 Å². The molecule has 17 heavy (non-hydrogen) atoms. The first-order valence-corrected chi connectivity index (χ1v) is 6.56. The lowest BCUT2D eigenvalue weighted by atomic mass is 9.82. The molecule has 1 N–H and O–H groups in total. The van der Waals surface area contributed by atoms with E-state index in [1.54, 1.807) is 0 Å². The number of fused-ring (bicyclic) bond motifs is 1. The number of ketones is 1. The van der Waals surface area contributed by atoms with E-state index in [4.69, 9.17) is 0 Å². The van der Waals surface area contributed by atoms with Gasteiger partial charge in [0.25, 0.3) is 0 Å². The van der Waals surface area contributed by atoms with Crippen LogP contribution in [0.25, 0.3) is 10.9 Å². The number of halogens is 1. The van der Waals surface area contributed by atoms with E-state index in [1.807, 2.05) is 45.2 Å². The van der Waals surface area contributed by atoms with E-state index in [9.17, 15) is 4.79 Å². The van der Waals surface area contributed by atoms with Crippen LogP contribution >= 0.6 is 15.9 Å². The third-order valence-corrected chi connectivity index (χ3v) is 3.88. The van der Waals surface area contributed by atoms with Crippen LogP contribution in [-0.2, 0) is 0 Å². The molecule has 0 saturated carbocycles. The number of rotatable bonds is 3. The highest BCUT2D eigenvalue weighted by atomic mass is 79.9. The maximum atomic E-state index is 12.4. The summed E-state index contributed by atoms with van der Waals surface area (Å²) in [4.78, 5) is 15.6.